The van der Waals surface area contributed by atoms with Crippen LogP contribution in [0.5, 0.6) is 0 Å². The average molecular weight is 312 g/mol. The van der Waals surface area contributed by atoms with Gasteiger partial charge in [0.1, 0.15) is 4.90 Å². The third kappa shape index (κ3) is 5.32. The second-order valence-electron chi connectivity index (χ2n) is 6.32. The molecule has 1 unspecified atom stereocenters. The molecular weight excluding hydrogens is 284 g/mol. The summed E-state index contributed by atoms with van der Waals surface area (Å²) in [6.07, 6.45) is 2.96. The van der Waals surface area contributed by atoms with Gasteiger partial charge in [0.25, 0.3) is 0 Å². The maximum Gasteiger partial charge on any atom is 0.242 e. The van der Waals surface area contributed by atoms with E-state index >= 15 is 0 Å². The lowest BCUT2D eigenvalue weighted by Gasteiger charge is -2.16. The van der Waals surface area contributed by atoms with Gasteiger partial charge in [0, 0.05) is 6.04 Å². The summed E-state index contributed by atoms with van der Waals surface area (Å²) >= 11 is 0. The Hall–Kier alpha value is -1.07. The summed E-state index contributed by atoms with van der Waals surface area (Å²) in [6.45, 7) is 10.0. The molecule has 0 saturated heterocycles. The van der Waals surface area contributed by atoms with Crippen molar-refractivity contribution in [2.45, 2.75) is 64.8 Å². The zero-order valence-electron chi connectivity index (χ0n) is 13.7. The lowest BCUT2D eigenvalue weighted by molar-refractivity contribution is 0.488. The quantitative estimate of drug-likeness (QED) is 0.758. The predicted octanol–water partition coefficient (Wildman–Crippen LogP) is 3.38. The molecule has 1 atom stereocenters. The maximum atomic E-state index is 12.4. The van der Waals surface area contributed by atoms with Crippen molar-refractivity contribution in [1.29, 1.82) is 0 Å². The molecule has 0 aliphatic heterocycles. The summed E-state index contributed by atoms with van der Waals surface area (Å²) in [5.41, 5.74) is 8.10. The first-order valence-corrected chi connectivity index (χ1v) is 9.01. The van der Waals surface area contributed by atoms with Gasteiger partial charge in [0.15, 0.2) is 0 Å². The van der Waals surface area contributed by atoms with E-state index in [-0.39, 0.29) is 10.9 Å². The Morgan fingerprint density at radius 2 is 1.67 bits per heavy atom. The van der Waals surface area contributed by atoms with Crippen LogP contribution in [0.3, 0.4) is 0 Å². The minimum Gasteiger partial charge on any atom is -0.398 e. The lowest BCUT2D eigenvalue weighted by Crippen LogP contribution is -2.33. The van der Waals surface area contributed by atoms with Gasteiger partial charge in [-0.1, -0.05) is 26.7 Å². The molecule has 0 bridgehead atoms. The minimum atomic E-state index is -3.56. The fraction of sp³-hybridized carbons (Fsp3) is 0.625. The number of anilines is 1. The molecule has 4 nitrogen and oxygen atoms in total. The smallest absolute Gasteiger partial charge is 0.242 e. The molecule has 1 aromatic carbocycles. The van der Waals surface area contributed by atoms with Crippen molar-refractivity contribution in [3.05, 3.63) is 23.3 Å². The first-order valence-electron chi connectivity index (χ1n) is 7.52. The largest absolute Gasteiger partial charge is 0.398 e. The van der Waals surface area contributed by atoms with Crippen LogP contribution in [0, 0.1) is 19.8 Å². The molecule has 0 aromatic heterocycles. The van der Waals surface area contributed by atoms with Crippen molar-refractivity contribution in [2.75, 3.05) is 5.73 Å². The first kappa shape index (κ1) is 18.0. The molecule has 120 valence electrons. The van der Waals surface area contributed by atoms with Gasteiger partial charge in [-0.05, 0) is 56.4 Å². The Labute approximate surface area is 129 Å². The highest BCUT2D eigenvalue weighted by Gasteiger charge is 2.20. The third-order valence-corrected chi connectivity index (χ3v) is 5.34. The SMILES string of the molecule is Cc1cc(N)c(S(=O)(=O)NC(C)CCCC(C)C)cc1C. The van der Waals surface area contributed by atoms with Crippen LogP contribution in [-0.4, -0.2) is 14.5 Å². The molecule has 21 heavy (non-hydrogen) atoms. The number of sulfonamides is 1. The van der Waals surface area contributed by atoms with Gasteiger partial charge in [0.2, 0.25) is 10.0 Å². The Morgan fingerprint density at radius 3 is 2.24 bits per heavy atom. The molecule has 0 aliphatic rings. The summed E-state index contributed by atoms with van der Waals surface area (Å²) < 4.78 is 27.6. The maximum absolute atomic E-state index is 12.4. The highest BCUT2D eigenvalue weighted by atomic mass is 32.2. The van der Waals surface area contributed by atoms with Crippen LogP contribution >= 0.6 is 0 Å². The predicted molar refractivity (Wildman–Crippen MR) is 88.8 cm³/mol. The molecule has 0 spiro atoms. The highest BCUT2D eigenvalue weighted by molar-refractivity contribution is 7.89. The zero-order chi connectivity index (χ0) is 16.2. The van der Waals surface area contributed by atoms with Gasteiger partial charge in [-0.25, -0.2) is 13.1 Å². The number of nitrogens with two attached hydrogens (primary N) is 1. The minimum absolute atomic E-state index is 0.0882. The van der Waals surface area contributed by atoms with Crippen molar-refractivity contribution in [3.63, 3.8) is 0 Å². The van der Waals surface area contributed by atoms with Crippen LogP contribution in [0.25, 0.3) is 0 Å². The second kappa shape index (κ2) is 7.27. The molecule has 1 aromatic rings. The fourth-order valence-electron chi connectivity index (χ4n) is 2.26. The van der Waals surface area contributed by atoms with E-state index in [0.29, 0.717) is 11.6 Å². The number of benzene rings is 1. The molecule has 0 fully saturated rings. The summed E-state index contributed by atoms with van der Waals surface area (Å²) in [5.74, 6) is 0.643. The fourth-order valence-corrected chi connectivity index (χ4v) is 3.74. The van der Waals surface area contributed by atoms with E-state index in [1.165, 1.54) is 0 Å². The number of hydrogen-bond acceptors (Lipinski definition) is 3. The van der Waals surface area contributed by atoms with Crippen LogP contribution < -0.4 is 10.5 Å². The molecule has 0 saturated carbocycles. The molecule has 0 radical (unpaired) electrons. The third-order valence-electron chi connectivity index (χ3n) is 3.69. The van der Waals surface area contributed by atoms with E-state index < -0.39 is 10.0 Å². The van der Waals surface area contributed by atoms with Gasteiger partial charge in [-0.2, -0.15) is 0 Å². The highest BCUT2D eigenvalue weighted by Crippen LogP contribution is 2.23. The standard InChI is InChI=1S/C16H28N2O2S/c1-11(2)7-6-8-14(5)18-21(19,20)16-10-13(4)12(3)9-15(16)17/h9-11,14,18H,6-8,17H2,1-5H3. The summed E-state index contributed by atoms with van der Waals surface area (Å²) in [6, 6.07) is 3.27. The molecule has 5 heteroatoms. The van der Waals surface area contributed by atoms with Crippen LogP contribution in [0.1, 0.15) is 51.2 Å². The van der Waals surface area contributed by atoms with Crippen molar-refractivity contribution in [1.82, 2.24) is 4.72 Å². The van der Waals surface area contributed by atoms with Crippen molar-refractivity contribution in [3.8, 4) is 0 Å². The molecule has 0 heterocycles. The van der Waals surface area contributed by atoms with Crippen LogP contribution in [0.4, 0.5) is 5.69 Å². The van der Waals surface area contributed by atoms with E-state index in [1.807, 2.05) is 20.8 Å². The number of aryl methyl sites for hydroxylation is 2. The Kier molecular flexibility index (Phi) is 6.23. The van der Waals surface area contributed by atoms with Crippen LogP contribution in [0.15, 0.2) is 17.0 Å². The summed E-state index contributed by atoms with van der Waals surface area (Å²) in [7, 11) is -3.56. The number of nitrogen functional groups attached to an aromatic ring is 1. The molecule has 3 N–H and O–H groups in total. The van der Waals surface area contributed by atoms with Crippen molar-refractivity contribution < 1.29 is 8.42 Å². The number of hydrogen-bond donors (Lipinski definition) is 2. The van der Waals surface area contributed by atoms with E-state index in [9.17, 15) is 8.42 Å². The Morgan fingerprint density at radius 1 is 1.10 bits per heavy atom. The number of rotatable bonds is 7. The lowest BCUT2D eigenvalue weighted by atomic mass is 10.0. The molecule has 0 aliphatic carbocycles. The van der Waals surface area contributed by atoms with E-state index in [1.54, 1.807) is 12.1 Å². The topological polar surface area (TPSA) is 72.2 Å². The molecule has 0 amide bonds. The van der Waals surface area contributed by atoms with Crippen LogP contribution in [0.2, 0.25) is 0 Å². The van der Waals surface area contributed by atoms with E-state index in [0.717, 1.165) is 30.4 Å². The average Bonchev–Trinajstić information content (AvgIpc) is 2.32. The van der Waals surface area contributed by atoms with Crippen molar-refractivity contribution in [2.24, 2.45) is 5.92 Å². The van der Waals surface area contributed by atoms with Crippen LogP contribution in [-0.2, 0) is 10.0 Å². The Bertz CT molecular complexity index is 580. The van der Waals surface area contributed by atoms with Gasteiger partial charge in [-0.3, -0.25) is 0 Å². The zero-order valence-corrected chi connectivity index (χ0v) is 14.5. The van der Waals surface area contributed by atoms with Gasteiger partial charge < -0.3 is 5.73 Å². The Balaban J connectivity index is 2.80. The van der Waals surface area contributed by atoms with Gasteiger partial charge >= 0.3 is 0 Å². The number of nitrogens with one attached hydrogen (secondary N) is 1. The van der Waals surface area contributed by atoms with E-state index in [4.69, 9.17) is 5.73 Å². The normalized spacial score (nSPS) is 13.6. The second-order valence-corrected chi connectivity index (χ2v) is 8.00. The summed E-state index contributed by atoms with van der Waals surface area (Å²) in [4.78, 5) is 0.182. The molecular formula is C16H28N2O2S. The molecule has 1 rings (SSSR count). The van der Waals surface area contributed by atoms with Crippen molar-refractivity contribution >= 4 is 15.7 Å². The van der Waals surface area contributed by atoms with E-state index in [2.05, 4.69) is 18.6 Å². The summed E-state index contributed by atoms with van der Waals surface area (Å²) in [5, 5.41) is 0. The monoisotopic (exact) mass is 312 g/mol. The van der Waals surface area contributed by atoms with Gasteiger partial charge in [-0.15, -0.1) is 0 Å². The van der Waals surface area contributed by atoms with Gasteiger partial charge in [0.05, 0.1) is 5.69 Å². The first-order chi connectivity index (χ1) is 9.63.